The van der Waals surface area contributed by atoms with Crippen LogP contribution in [0, 0.1) is 6.92 Å². The van der Waals surface area contributed by atoms with E-state index >= 15 is 0 Å². The summed E-state index contributed by atoms with van der Waals surface area (Å²) in [6.45, 7) is 2.23. The third-order valence-corrected chi connectivity index (χ3v) is 4.25. The van der Waals surface area contributed by atoms with Crippen LogP contribution in [0.4, 0.5) is 5.69 Å². The number of aromatic nitrogens is 1. The molecule has 2 aromatic carbocycles. The van der Waals surface area contributed by atoms with Crippen LogP contribution in [0.15, 0.2) is 66.9 Å². The molecule has 142 valence electrons. The van der Waals surface area contributed by atoms with Gasteiger partial charge in [-0.05, 0) is 48.4 Å². The third-order valence-electron chi connectivity index (χ3n) is 4.25. The van der Waals surface area contributed by atoms with Gasteiger partial charge in [-0.3, -0.25) is 9.59 Å². The minimum absolute atomic E-state index is 0.217. The van der Waals surface area contributed by atoms with E-state index in [-0.39, 0.29) is 11.8 Å². The molecular weight excluding hydrogens is 354 g/mol. The zero-order chi connectivity index (χ0) is 19.9. The molecule has 0 aliphatic rings. The number of amides is 2. The Labute approximate surface area is 163 Å². The first-order chi connectivity index (χ1) is 13.6. The van der Waals surface area contributed by atoms with E-state index < -0.39 is 0 Å². The molecule has 0 aliphatic heterocycles. The van der Waals surface area contributed by atoms with E-state index in [1.165, 1.54) is 0 Å². The molecule has 28 heavy (non-hydrogen) atoms. The summed E-state index contributed by atoms with van der Waals surface area (Å²) in [6.07, 6.45) is 1.63. The summed E-state index contributed by atoms with van der Waals surface area (Å²) in [4.78, 5) is 29.0. The number of pyridine rings is 1. The van der Waals surface area contributed by atoms with Crippen LogP contribution >= 0.6 is 0 Å². The van der Waals surface area contributed by atoms with Gasteiger partial charge in [0.05, 0.1) is 7.11 Å². The van der Waals surface area contributed by atoms with E-state index in [2.05, 4.69) is 15.6 Å². The third kappa shape index (κ3) is 4.73. The van der Waals surface area contributed by atoms with Crippen LogP contribution in [0.5, 0.6) is 5.88 Å². The Bertz CT molecular complexity index is 987. The second kappa shape index (κ2) is 8.81. The minimum Gasteiger partial charge on any atom is -0.481 e. The zero-order valence-electron chi connectivity index (χ0n) is 15.7. The number of nitrogens with one attached hydrogen (secondary N) is 2. The summed E-state index contributed by atoms with van der Waals surface area (Å²) < 4.78 is 5.08. The molecule has 0 saturated carbocycles. The van der Waals surface area contributed by atoms with E-state index in [1.54, 1.807) is 55.8 Å². The summed E-state index contributed by atoms with van der Waals surface area (Å²) in [5.41, 5.74) is 3.38. The van der Waals surface area contributed by atoms with Gasteiger partial charge >= 0.3 is 0 Å². The molecule has 0 unspecified atom stereocenters. The van der Waals surface area contributed by atoms with Crippen molar-refractivity contribution in [3.63, 3.8) is 0 Å². The molecule has 0 atom stereocenters. The van der Waals surface area contributed by atoms with Crippen LogP contribution in [0.2, 0.25) is 0 Å². The van der Waals surface area contributed by atoms with Crippen LogP contribution in [0.25, 0.3) is 0 Å². The number of hydrogen-bond donors (Lipinski definition) is 2. The highest BCUT2D eigenvalue weighted by molar-refractivity contribution is 6.05. The SMILES string of the molecule is COc1cc(CNC(=O)c2ccc(C)c(NC(=O)c3ccccc3)c2)ccn1. The molecule has 1 aromatic heterocycles. The van der Waals surface area contributed by atoms with Gasteiger partial charge in [0.15, 0.2) is 0 Å². The first kappa shape index (κ1) is 19.1. The Balaban J connectivity index is 1.69. The summed E-state index contributed by atoms with van der Waals surface area (Å²) in [5.74, 6) is 0.0455. The number of ether oxygens (including phenoxy) is 1. The normalized spacial score (nSPS) is 10.2. The number of aryl methyl sites for hydroxylation is 1. The Morgan fingerprint density at radius 3 is 2.50 bits per heavy atom. The molecule has 0 radical (unpaired) electrons. The van der Waals surface area contributed by atoms with Crippen LogP contribution in [0.3, 0.4) is 0 Å². The molecule has 3 rings (SSSR count). The van der Waals surface area contributed by atoms with E-state index in [1.807, 2.05) is 25.1 Å². The van der Waals surface area contributed by atoms with Crippen LogP contribution in [-0.4, -0.2) is 23.9 Å². The van der Waals surface area contributed by atoms with Gasteiger partial charge in [0.2, 0.25) is 5.88 Å². The fourth-order valence-electron chi connectivity index (χ4n) is 2.64. The highest BCUT2D eigenvalue weighted by Gasteiger charge is 2.11. The fraction of sp³-hybridized carbons (Fsp3) is 0.136. The molecule has 0 bridgehead atoms. The minimum atomic E-state index is -0.231. The number of carbonyl (C=O) groups is 2. The van der Waals surface area contributed by atoms with Gasteiger partial charge in [-0.2, -0.15) is 0 Å². The number of benzene rings is 2. The Morgan fingerprint density at radius 2 is 1.75 bits per heavy atom. The number of carbonyl (C=O) groups excluding carboxylic acids is 2. The van der Waals surface area contributed by atoms with Crippen molar-refractivity contribution < 1.29 is 14.3 Å². The first-order valence-electron chi connectivity index (χ1n) is 8.81. The van der Waals surface area contributed by atoms with Gasteiger partial charge in [0.25, 0.3) is 11.8 Å². The Kier molecular flexibility index (Phi) is 6.01. The Hall–Kier alpha value is -3.67. The van der Waals surface area contributed by atoms with Crippen molar-refractivity contribution in [2.24, 2.45) is 0 Å². The maximum absolute atomic E-state index is 12.5. The average Bonchev–Trinajstić information content (AvgIpc) is 2.74. The molecule has 0 fully saturated rings. The van der Waals surface area contributed by atoms with Crippen molar-refractivity contribution in [1.82, 2.24) is 10.3 Å². The van der Waals surface area contributed by atoms with Gasteiger partial charge in [-0.25, -0.2) is 4.98 Å². The van der Waals surface area contributed by atoms with E-state index in [4.69, 9.17) is 4.74 Å². The standard InChI is InChI=1S/C22H21N3O3/c1-15-8-9-18(13-19(15)25-22(27)17-6-4-3-5-7-17)21(26)24-14-16-10-11-23-20(12-16)28-2/h3-13H,14H2,1-2H3,(H,24,26)(H,25,27). The smallest absolute Gasteiger partial charge is 0.255 e. The van der Waals surface area contributed by atoms with Crippen molar-refractivity contribution in [2.75, 3.05) is 12.4 Å². The maximum atomic E-state index is 12.5. The highest BCUT2D eigenvalue weighted by Crippen LogP contribution is 2.18. The van der Waals surface area contributed by atoms with Gasteiger partial charge < -0.3 is 15.4 Å². The highest BCUT2D eigenvalue weighted by atomic mass is 16.5. The summed E-state index contributed by atoms with van der Waals surface area (Å²) in [7, 11) is 1.54. The lowest BCUT2D eigenvalue weighted by molar-refractivity contribution is 0.0949. The van der Waals surface area contributed by atoms with Crippen LogP contribution in [-0.2, 0) is 6.54 Å². The van der Waals surface area contributed by atoms with Crippen LogP contribution < -0.4 is 15.4 Å². The summed E-state index contributed by atoms with van der Waals surface area (Å²) in [5, 5.41) is 5.73. The number of nitrogens with zero attached hydrogens (tertiary/aromatic N) is 1. The van der Waals surface area contributed by atoms with Crippen molar-refractivity contribution in [1.29, 1.82) is 0 Å². The Morgan fingerprint density at radius 1 is 0.964 bits per heavy atom. The lowest BCUT2D eigenvalue weighted by Crippen LogP contribution is -2.23. The summed E-state index contributed by atoms with van der Waals surface area (Å²) in [6, 6.07) is 17.7. The van der Waals surface area contributed by atoms with E-state index in [0.717, 1.165) is 11.1 Å². The lowest BCUT2D eigenvalue weighted by atomic mass is 10.1. The van der Waals surface area contributed by atoms with Crippen LogP contribution in [0.1, 0.15) is 31.8 Å². The van der Waals surface area contributed by atoms with E-state index in [9.17, 15) is 9.59 Å². The molecule has 1 heterocycles. The lowest BCUT2D eigenvalue weighted by Gasteiger charge is -2.11. The molecule has 3 aromatic rings. The molecule has 6 heteroatoms. The second-order valence-electron chi connectivity index (χ2n) is 6.24. The maximum Gasteiger partial charge on any atom is 0.255 e. The molecule has 0 saturated heterocycles. The van der Waals surface area contributed by atoms with Crippen molar-refractivity contribution in [3.05, 3.63) is 89.1 Å². The molecule has 0 aliphatic carbocycles. The fourth-order valence-corrected chi connectivity index (χ4v) is 2.64. The van der Waals surface area contributed by atoms with Gasteiger partial charge in [0, 0.05) is 35.6 Å². The van der Waals surface area contributed by atoms with Gasteiger partial charge in [-0.15, -0.1) is 0 Å². The predicted molar refractivity (Wildman–Crippen MR) is 108 cm³/mol. The second-order valence-corrected chi connectivity index (χ2v) is 6.24. The summed E-state index contributed by atoms with van der Waals surface area (Å²) >= 11 is 0. The number of methoxy groups -OCH3 is 1. The van der Waals surface area contributed by atoms with Crippen molar-refractivity contribution in [2.45, 2.75) is 13.5 Å². The zero-order valence-corrected chi connectivity index (χ0v) is 15.7. The van der Waals surface area contributed by atoms with Gasteiger partial charge in [0.1, 0.15) is 0 Å². The topological polar surface area (TPSA) is 80.3 Å². The molecule has 0 spiro atoms. The molecule has 2 N–H and O–H groups in total. The molecule has 2 amide bonds. The van der Waals surface area contributed by atoms with E-state index in [0.29, 0.717) is 29.2 Å². The number of rotatable bonds is 6. The van der Waals surface area contributed by atoms with Crippen molar-refractivity contribution in [3.8, 4) is 5.88 Å². The van der Waals surface area contributed by atoms with Gasteiger partial charge in [-0.1, -0.05) is 24.3 Å². The quantitative estimate of drug-likeness (QED) is 0.690. The largest absolute Gasteiger partial charge is 0.481 e. The van der Waals surface area contributed by atoms with Crippen molar-refractivity contribution >= 4 is 17.5 Å². The monoisotopic (exact) mass is 375 g/mol. The molecule has 6 nitrogen and oxygen atoms in total. The number of hydrogen-bond acceptors (Lipinski definition) is 4. The number of anilines is 1. The molecular formula is C22H21N3O3. The predicted octanol–water partition coefficient (Wildman–Crippen LogP) is 3.58. The average molecular weight is 375 g/mol. The first-order valence-corrected chi connectivity index (χ1v) is 8.81.